The van der Waals surface area contributed by atoms with Gasteiger partial charge in [0.1, 0.15) is 22.4 Å². The summed E-state index contributed by atoms with van der Waals surface area (Å²) in [7, 11) is 0. The summed E-state index contributed by atoms with van der Waals surface area (Å²) in [5, 5.41) is 16.2. The van der Waals surface area contributed by atoms with Crippen molar-refractivity contribution in [3.63, 3.8) is 0 Å². The molecule has 0 aromatic heterocycles. The van der Waals surface area contributed by atoms with Crippen LogP contribution in [-0.2, 0) is 9.59 Å². The predicted octanol–water partition coefficient (Wildman–Crippen LogP) is 3.12. The number of anilines is 1. The Hall–Kier alpha value is -2.80. The van der Waals surface area contributed by atoms with Gasteiger partial charge in [-0.05, 0) is 74.5 Å². The van der Waals surface area contributed by atoms with Crippen LogP contribution >= 0.6 is 0 Å². The van der Waals surface area contributed by atoms with E-state index >= 15 is 0 Å². The Morgan fingerprint density at radius 2 is 1.97 bits per heavy atom. The summed E-state index contributed by atoms with van der Waals surface area (Å²) in [5.74, 6) is 0.613. The zero-order chi connectivity index (χ0) is 23.1. The zero-order valence-corrected chi connectivity index (χ0v) is 19.4. The number of carbonyl (C=O) groups is 2. The van der Waals surface area contributed by atoms with E-state index in [1.807, 2.05) is 49.1 Å². The third-order valence-corrected chi connectivity index (χ3v) is 9.19. The number of hydroxylamine groups is 1. The van der Waals surface area contributed by atoms with Crippen molar-refractivity contribution in [3.05, 3.63) is 35.4 Å². The first-order chi connectivity index (χ1) is 15.5. The van der Waals surface area contributed by atoms with Gasteiger partial charge in [0.15, 0.2) is 0 Å². The van der Waals surface area contributed by atoms with Gasteiger partial charge in [-0.2, -0.15) is 0 Å². The number of nitrogens with one attached hydrogen (secondary N) is 1. The van der Waals surface area contributed by atoms with Crippen LogP contribution in [0, 0.1) is 11.3 Å². The third-order valence-electron chi connectivity index (χ3n) is 9.19. The lowest BCUT2D eigenvalue weighted by Gasteiger charge is -2.64. The SMILES string of the molecule is CC1(C)C=Cc2c(ccc3c2N(O)C2C3=CC34NC(=O)C5(CCCN5C3=O)CC4C2(C)C)O1. The van der Waals surface area contributed by atoms with Crippen molar-refractivity contribution in [3.8, 4) is 5.75 Å². The number of piperidine rings is 2. The Morgan fingerprint density at radius 3 is 2.76 bits per heavy atom. The average molecular weight is 448 g/mol. The minimum absolute atomic E-state index is 0.00996. The molecule has 172 valence electrons. The Morgan fingerprint density at radius 1 is 1.18 bits per heavy atom. The fraction of sp³-hybridized carbons (Fsp3) is 0.538. The number of amides is 2. The molecule has 6 aliphatic heterocycles. The zero-order valence-electron chi connectivity index (χ0n) is 19.4. The first kappa shape index (κ1) is 19.6. The molecule has 4 fully saturated rings. The predicted molar refractivity (Wildman–Crippen MR) is 123 cm³/mol. The maximum atomic E-state index is 13.9. The van der Waals surface area contributed by atoms with E-state index in [1.54, 1.807) is 0 Å². The summed E-state index contributed by atoms with van der Waals surface area (Å²) in [6, 6.07) is 3.61. The van der Waals surface area contributed by atoms with Crippen LogP contribution < -0.4 is 15.1 Å². The van der Waals surface area contributed by atoms with Crippen molar-refractivity contribution < 1.29 is 19.5 Å². The number of benzene rings is 1. The topological polar surface area (TPSA) is 82.1 Å². The molecule has 7 nitrogen and oxygen atoms in total. The number of fused-ring (bicyclic) bond motifs is 6. The smallest absolute Gasteiger partial charge is 0.253 e. The normalized spacial score (nSPS) is 38.0. The summed E-state index contributed by atoms with van der Waals surface area (Å²) in [6.45, 7) is 8.90. The molecule has 2 bridgehead atoms. The first-order valence-corrected chi connectivity index (χ1v) is 11.9. The van der Waals surface area contributed by atoms with Crippen LogP contribution in [0.4, 0.5) is 5.69 Å². The van der Waals surface area contributed by atoms with E-state index in [0.29, 0.717) is 25.1 Å². The number of hydrogen-bond donors (Lipinski definition) is 2. The van der Waals surface area contributed by atoms with Gasteiger partial charge in [0.25, 0.3) is 5.91 Å². The van der Waals surface area contributed by atoms with Crippen LogP contribution in [-0.4, -0.2) is 51.2 Å². The lowest BCUT2D eigenvalue weighted by molar-refractivity contribution is -0.177. The van der Waals surface area contributed by atoms with Crippen molar-refractivity contribution in [1.82, 2.24) is 10.2 Å². The van der Waals surface area contributed by atoms with Crippen LogP contribution in [0.3, 0.4) is 0 Å². The molecular weight excluding hydrogens is 418 g/mol. The van der Waals surface area contributed by atoms with Gasteiger partial charge in [-0.25, -0.2) is 5.06 Å². The Labute approximate surface area is 193 Å². The molecule has 7 heteroatoms. The molecule has 2 N–H and O–H groups in total. The lowest BCUT2D eigenvalue weighted by Crippen LogP contribution is -2.83. The van der Waals surface area contributed by atoms with Crippen LogP contribution in [0.25, 0.3) is 11.6 Å². The third kappa shape index (κ3) is 2.03. The van der Waals surface area contributed by atoms with E-state index in [9.17, 15) is 14.8 Å². The van der Waals surface area contributed by atoms with E-state index in [4.69, 9.17) is 4.74 Å². The Balaban J connectivity index is 1.46. The molecular formula is C26H29N3O4. The van der Waals surface area contributed by atoms with E-state index in [2.05, 4.69) is 19.2 Å². The molecule has 4 unspecified atom stereocenters. The molecule has 6 heterocycles. The molecule has 0 saturated carbocycles. The highest BCUT2D eigenvalue weighted by Crippen LogP contribution is 2.63. The number of hydrogen-bond acceptors (Lipinski definition) is 5. The highest BCUT2D eigenvalue weighted by molar-refractivity contribution is 6.08. The maximum absolute atomic E-state index is 13.9. The van der Waals surface area contributed by atoms with Crippen molar-refractivity contribution in [2.45, 2.75) is 69.7 Å². The van der Waals surface area contributed by atoms with E-state index < -0.39 is 22.1 Å². The van der Waals surface area contributed by atoms with E-state index in [1.165, 1.54) is 5.06 Å². The Bertz CT molecular complexity index is 1230. The summed E-state index contributed by atoms with van der Waals surface area (Å²) in [4.78, 5) is 29.0. The first-order valence-electron chi connectivity index (χ1n) is 11.9. The second-order valence-electron chi connectivity index (χ2n) is 11.8. The number of nitrogens with zero attached hydrogens (tertiary/aromatic N) is 2. The molecule has 4 atom stereocenters. The minimum atomic E-state index is -1.06. The number of carbonyl (C=O) groups excluding carboxylic acids is 2. The van der Waals surface area contributed by atoms with Crippen molar-refractivity contribution in [2.75, 3.05) is 11.6 Å². The summed E-state index contributed by atoms with van der Waals surface area (Å²) >= 11 is 0. The highest BCUT2D eigenvalue weighted by atomic mass is 16.5. The monoisotopic (exact) mass is 447 g/mol. The summed E-state index contributed by atoms with van der Waals surface area (Å²) in [5.41, 5.74) is 0.669. The van der Waals surface area contributed by atoms with Gasteiger partial charge in [-0.3, -0.25) is 14.8 Å². The molecule has 4 saturated heterocycles. The highest BCUT2D eigenvalue weighted by Gasteiger charge is 2.73. The molecule has 2 amide bonds. The standard InChI is InChI=1S/C26H29N3O4/c1-23(2)10-8-15-17(33-23)7-6-14-16-12-26-18(24(3,4)20(16)29(32)19(14)15)13-25(21(30)27-26)9-5-11-28(25)22(26)31/h6-8,10,12,18,20,32H,5,9,11,13H2,1-4H3,(H,27,30). The molecule has 0 radical (unpaired) electrons. The second-order valence-corrected chi connectivity index (χ2v) is 11.8. The van der Waals surface area contributed by atoms with Crippen molar-refractivity contribution >= 4 is 29.2 Å². The molecule has 8 rings (SSSR count). The van der Waals surface area contributed by atoms with Gasteiger partial charge in [0.05, 0.1) is 11.7 Å². The number of ether oxygens (including phenoxy) is 1. The van der Waals surface area contributed by atoms with Crippen LogP contribution in [0.5, 0.6) is 5.75 Å². The molecule has 1 aromatic carbocycles. The second kappa shape index (κ2) is 5.46. The molecule has 7 aliphatic rings. The van der Waals surface area contributed by atoms with Crippen LogP contribution in [0.2, 0.25) is 0 Å². The number of piperazine rings is 1. The van der Waals surface area contributed by atoms with Gasteiger partial charge in [0.2, 0.25) is 5.91 Å². The quantitative estimate of drug-likeness (QED) is 0.639. The van der Waals surface area contributed by atoms with Gasteiger partial charge < -0.3 is 15.0 Å². The maximum Gasteiger partial charge on any atom is 0.253 e. The fourth-order valence-electron chi connectivity index (χ4n) is 7.72. The van der Waals surface area contributed by atoms with Gasteiger partial charge in [-0.15, -0.1) is 0 Å². The minimum Gasteiger partial charge on any atom is -0.483 e. The largest absolute Gasteiger partial charge is 0.483 e. The van der Waals surface area contributed by atoms with Gasteiger partial charge >= 0.3 is 0 Å². The van der Waals surface area contributed by atoms with E-state index in [0.717, 1.165) is 28.9 Å². The summed E-state index contributed by atoms with van der Waals surface area (Å²) < 4.78 is 6.16. The lowest BCUT2D eigenvalue weighted by atomic mass is 9.51. The van der Waals surface area contributed by atoms with Crippen LogP contribution in [0.1, 0.15) is 58.1 Å². The fourth-order valence-corrected chi connectivity index (χ4v) is 7.72. The van der Waals surface area contributed by atoms with Gasteiger partial charge in [0, 0.05) is 23.6 Å². The van der Waals surface area contributed by atoms with E-state index in [-0.39, 0.29) is 23.8 Å². The molecule has 33 heavy (non-hydrogen) atoms. The Kier molecular flexibility index (Phi) is 3.25. The van der Waals surface area contributed by atoms with Crippen molar-refractivity contribution in [1.29, 1.82) is 0 Å². The van der Waals surface area contributed by atoms with Crippen LogP contribution in [0.15, 0.2) is 24.3 Å². The molecule has 1 aromatic rings. The average Bonchev–Trinajstić information content (AvgIpc) is 3.29. The summed E-state index contributed by atoms with van der Waals surface area (Å²) in [6.07, 6.45) is 8.19. The number of rotatable bonds is 0. The molecule has 1 aliphatic carbocycles. The van der Waals surface area contributed by atoms with Crippen molar-refractivity contribution in [2.24, 2.45) is 11.3 Å². The van der Waals surface area contributed by atoms with Gasteiger partial charge in [-0.1, -0.05) is 13.8 Å². The molecule has 2 spiro atoms.